The van der Waals surface area contributed by atoms with Gasteiger partial charge in [0.2, 0.25) is 0 Å². The van der Waals surface area contributed by atoms with Crippen molar-refractivity contribution >= 4 is 39.3 Å². The second-order valence-corrected chi connectivity index (χ2v) is 7.75. The molecule has 2 aliphatic heterocycles. The number of rotatable bonds is 3. The molecule has 0 radical (unpaired) electrons. The van der Waals surface area contributed by atoms with E-state index in [1.54, 1.807) is 11.1 Å². The number of nitrogens with one attached hydrogen (secondary N) is 1. The van der Waals surface area contributed by atoms with Crippen LogP contribution < -0.4 is 15.9 Å². The molecule has 29 heavy (non-hydrogen) atoms. The fraction of sp³-hybridized carbons (Fsp3) is 0.0870. The largest absolute Gasteiger partial charge is 0.298 e. The zero-order valence-corrected chi connectivity index (χ0v) is 16.4. The lowest BCUT2D eigenvalue weighted by Crippen LogP contribution is -2.50. The third-order valence-corrected chi connectivity index (χ3v) is 5.81. The number of amidine groups is 1. The number of carbonyl (C=O) groups is 1. The minimum Gasteiger partial charge on any atom is -0.298 e. The summed E-state index contributed by atoms with van der Waals surface area (Å²) in [7, 11) is 0. The molecule has 3 aromatic carbocycles. The Hall–Kier alpha value is -3.38. The van der Waals surface area contributed by atoms with E-state index in [9.17, 15) is 4.79 Å². The van der Waals surface area contributed by atoms with Crippen molar-refractivity contribution in [3.05, 3.63) is 95.5 Å². The van der Waals surface area contributed by atoms with Crippen LogP contribution in [0.15, 0.2) is 89.5 Å². The molecule has 2 aliphatic rings. The van der Waals surface area contributed by atoms with Gasteiger partial charge in [0.05, 0.1) is 5.36 Å². The van der Waals surface area contributed by atoms with Crippen molar-refractivity contribution < 1.29 is 4.79 Å². The van der Waals surface area contributed by atoms with Crippen LogP contribution in [0.25, 0.3) is 16.5 Å². The summed E-state index contributed by atoms with van der Waals surface area (Å²) in [6, 6.07) is 22.1. The molecule has 1 N–H and O–H groups in total. The Kier molecular flexibility index (Phi) is 4.41. The van der Waals surface area contributed by atoms with Gasteiger partial charge in [0.1, 0.15) is 5.70 Å². The molecule has 0 fully saturated rings. The lowest BCUT2D eigenvalue weighted by atomic mass is 10.0. The monoisotopic (exact) mass is 398 g/mol. The quantitative estimate of drug-likeness (QED) is 0.691. The molecule has 1 unspecified atom stereocenters. The highest BCUT2D eigenvalue weighted by Crippen LogP contribution is 2.34. The third-order valence-electron chi connectivity index (χ3n) is 4.95. The number of hydrazone groups is 1. The minimum atomic E-state index is -0.420. The van der Waals surface area contributed by atoms with Gasteiger partial charge in [-0.15, -0.1) is 11.7 Å². The minimum absolute atomic E-state index is 0.167. The van der Waals surface area contributed by atoms with Crippen LogP contribution in [-0.4, -0.2) is 21.8 Å². The van der Waals surface area contributed by atoms with Gasteiger partial charge in [-0.1, -0.05) is 78.5 Å². The lowest BCUT2D eigenvalue weighted by Gasteiger charge is -2.34. The van der Waals surface area contributed by atoms with Gasteiger partial charge in [-0.2, -0.15) is 0 Å². The first kappa shape index (κ1) is 17.7. The number of fused-ring (bicyclic) bond motifs is 3. The summed E-state index contributed by atoms with van der Waals surface area (Å²) < 4.78 is 0. The van der Waals surface area contributed by atoms with Crippen LogP contribution in [-0.2, 0) is 4.79 Å². The summed E-state index contributed by atoms with van der Waals surface area (Å²) in [6.07, 6.45) is 1.37. The summed E-state index contributed by atoms with van der Waals surface area (Å²) in [5, 5.41) is 13.8. The van der Waals surface area contributed by atoms with E-state index in [-0.39, 0.29) is 5.91 Å². The van der Waals surface area contributed by atoms with E-state index in [4.69, 9.17) is 10.1 Å². The first-order valence-corrected chi connectivity index (χ1v) is 10.3. The van der Waals surface area contributed by atoms with Crippen LogP contribution in [0.1, 0.15) is 11.7 Å². The fourth-order valence-electron chi connectivity index (χ4n) is 3.71. The van der Waals surface area contributed by atoms with Crippen molar-refractivity contribution in [3.63, 3.8) is 0 Å². The number of benzene rings is 3. The van der Waals surface area contributed by atoms with Crippen molar-refractivity contribution in [2.75, 3.05) is 5.75 Å². The number of hydrogen-bond donors (Lipinski definition) is 1. The topological polar surface area (TPSA) is 57.1 Å². The molecule has 0 bridgehead atoms. The summed E-state index contributed by atoms with van der Waals surface area (Å²) in [6.45, 7) is 3.75. The van der Waals surface area contributed by atoms with Crippen molar-refractivity contribution in [2.45, 2.75) is 6.17 Å². The SMILES string of the molecule is C=CCSC1=NN2C(=c3ccccc3=NC2c2cccc3ccccc23)C(=O)N1. The van der Waals surface area contributed by atoms with Crippen LogP contribution in [0, 0.1) is 0 Å². The highest BCUT2D eigenvalue weighted by Gasteiger charge is 2.34. The molecule has 0 aromatic heterocycles. The Bertz CT molecular complexity index is 1290. The molecule has 142 valence electrons. The zero-order chi connectivity index (χ0) is 19.8. The molecule has 6 heteroatoms. The van der Waals surface area contributed by atoms with Crippen LogP contribution in [0.3, 0.4) is 0 Å². The molecular weight excluding hydrogens is 380 g/mol. The van der Waals surface area contributed by atoms with Crippen LogP contribution >= 0.6 is 11.8 Å². The van der Waals surface area contributed by atoms with Gasteiger partial charge in [0.25, 0.3) is 5.91 Å². The Morgan fingerprint density at radius 1 is 1.07 bits per heavy atom. The first-order chi connectivity index (χ1) is 14.3. The number of para-hydroxylation sites is 1. The van der Waals surface area contributed by atoms with Crippen molar-refractivity contribution in [1.29, 1.82) is 0 Å². The van der Waals surface area contributed by atoms with Crippen LogP contribution in [0.2, 0.25) is 0 Å². The van der Waals surface area contributed by atoms with Gasteiger partial charge < -0.3 is 0 Å². The maximum absolute atomic E-state index is 13.1. The molecule has 5 rings (SSSR count). The number of amides is 1. The van der Waals surface area contributed by atoms with Crippen molar-refractivity contribution in [2.24, 2.45) is 10.1 Å². The summed E-state index contributed by atoms with van der Waals surface area (Å²) in [5.74, 6) is 0.494. The number of nitrogens with zero attached hydrogens (tertiary/aromatic N) is 3. The summed E-state index contributed by atoms with van der Waals surface area (Å²) in [4.78, 5) is 18.0. The van der Waals surface area contributed by atoms with Gasteiger partial charge in [-0.25, -0.2) is 5.01 Å². The molecule has 1 amide bonds. The Labute approximate surface area is 172 Å². The average molecular weight is 398 g/mol. The van der Waals surface area contributed by atoms with Gasteiger partial charge in [0, 0.05) is 16.5 Å². The number of carbonyl (C=O) groups excluding carboxylic acids is 1. The Morgan fingerprint density at radius 2 is 1.86 bits per heavy atom. The number of thioether (sulfide) groups is 1. The first-order valence-electron chi connectivity index (χ1n) is 9.34. The van der Waals surface area contributed by atoms with Crippen LogP contribution in [0.4, 0.5) is 0 Å². The molecule has 0 saturated carbocycles. The summed E-state index contributed by atoms with van der Waals surface area (Å²) in [5.41, 5.74) is 1.54. The predicted molar refractivity (Wildman–Crippen MR) is 117 cm³/mol. The highest BCUT2D eigenvalue weighted by atomic mass is 32.2. The van der Waals surface area contributed by atoms with E-state index < -0.39 is 6.17 Å². The molecule has 3 aromatic rings. The second kappa shape index (κ2) is 7.22. The number of hydrogen-bond acceptors (Lipinski definition) is 5. The zero-order valence-electron chi connectivity index (χ0n) is 15.6. The second-order valence-electron chi connectivity index (χ2n) is 6.74. The highest BCUT2D eigenvalue weighted by molar-refractivity contribution is 8.14. The Morgan fingerprint density at radius 3 is 2.76 bits per heavy atom. The average Bonchev–Trinajstić information content (AvgIpc) is 2.76. The maximum atomic E-state index is 13.1. The summed E-state index contributed by atoms with van der Waals surface area (Å²) >= 11 is 1.44. The lowest BCUT2D eigenvalue weighted by molar-refractivity contribution is -0.116. The van der Waals surface area contributed by atoms with E-state index in [0.717, 1.165) is 26.9 Å². The maximum Gasteiger partial charge on any atom is 0.276 e. The van der Waals surface area contributed by atoms with E-state index >= 15 is 0 Å². The normalized spacial score (nSPS) is 17.7. The third kappa shape index (κ3) is 3.02. The standard InChI is InChI=1S/C23H18N4OS/c1-2-14-29-23-25-22(28)20-18-11-5-6-13-19(18)24-21(27(20)26-23)17-12-7-9-15-8-3-4-10-16(15)17/h2-13,21H,1,14H2,(H,25,26,28). The molecule has 5 nitrogen and oxygen atoms in total. The van der Waals surface area contributed by atoms with Gasteiger partial charge in [-0.05, 0) is 16.8 Å². The van der Waals surface area contributed by atoms with Gasteiger partial charge in [0.15, 0.2) is 11.3 Å². The van der Waals surface area contributed by atoms with Gasteiger partial charge >= 0.3 is 0 Å². The van der Waals surface area contributed by atoms with E-state index in [0.29, 0.717) is 16.6 Å². The fourth-order valence-corrected chi connectivity index (χ4v) is 4.29. The molecule has 0 spiro atoms. The molecule has 0 saturated heterocycles. The van der Waals surface area contributed by atoms with Crippen molar-refractivity contribution in [1.82, 2.24) is 10.3 Å². The predicted octanol–water partition coefficient (Wildman–Crippen LogP) is 2.90. The Balaban J connectivity index is 1.76. The van der Waals surface area contributed by atoms with E-state index in [1.807, 2.05) is 42.5 Å². The molecule has 1 atom stereocenters. The van der Waals surface area contributed by atoms with E-state index in [2.05, 4.69) is 36.2 Å². The van der Waals surface area contributed by atoms with Crippen molar-refractivity contribution in [3.8, 4) is 0 Å². The van der Waals surface area contributed by atoms with Crippen LogP contribution in [0.5, 0.6) is 0 Å². The molecular formula is C23H18N4OS. The molecule has 0 aliphatic carbocycles. The van der Waals surface area contributed by atoms with Gasteiger partial charge in [-0.3, -0.25) is 15.1 Å². The smallest absolute Gasteiger partial charge is 0.276 e. The van der Waals surface area contributed by atoms with E-state index in [1.165, 1.54) is 11.8 Å². The molecule has 2 heterocycles.